The van der Waals surface area contributed by atoms with Crippen LogP contribution in [0.3, 0.4) is 0 Å². The number of hydrogen-bond acceptors (Lipinski definition) is 5. The number of hydrogen-bond donors (Lipinski definition) is 2. The molecule has 78 valence electrons. The van der Waals surface area contributed by atoms with Gasteiger partial charge in [0.1, 0.15) is 13.2 Å². The Labute approximate surface area is 82.1 Å². The minimum absolute atomic E-state index is 0.315. The van der Waals surface area contributed by atoms with Gasteiger partial charge in [-0.3, -0.25) is 4.68 Å². The van der Waals surface area contributed by atoms with Gasteiger partial charge in [0.15, 0.2) is 0 Å². The maximum Gasteiger partial charge on any atom is 0.233 e. The van der Waals surface area contributed by atoms with Crippen molar-refractivity contribution in [2.75, 3.05) is 13.2 Å². The van der Waals surface area contributed by atoms with E-state index < -0.39 is 0 Å². The Balaban J connectivity index is 2.62. The van der Waals surface area contributed by atoms with Crippen LogP contribution in [-0.4, -0.2) is 28.7 Å². The van der Waals surface area contributed by atoms with Gasteiger partial charge in [0.05, 0.1) is 11.4 Å². The first kappa shape index (κ1) is 10.7. The molecule has 3 N–H and O–H groups in total. The third-order valence-electron chi connectivity index (χ3n) is 1.69. The molecule has 1 aromatic heterocycles. The summed E-state index contributed by atoms with van der Waals surface area (Å²) in [6, 6.07) is 1.71. The van der Waals surface area contributed by atoms with Gasteiger partial charge >= 0.3 is 0 Å². The molecule has 0 saturated carbocycles. The molecule has 6 nitrogen and oxygen atoms in total. The van der Waals surface area contributed by atoms with Gasteiger partial charge in [-0.2, -0.15) is 0 Å². The molecule has 14 heavy (non-hydrogen) atoms. The number of nitrogens with one attached hydrogen (secondary N) is 1. The fourth-order valence-electron chi connectivity index (χ4n) is 1.06. The molecule has 0 fully saturated rings. The summed E-state index contributed by atoms with van der Waals surface area (Å²) in [6.45, 7) is 2.36. The molecule has 0 saturated heterocycles. The lowest BCUT2D eigenvalue weighted by Gasteiger charge is -1.99. The van der Waals surface area contributed by atoms with Crippen LogP contribution in [0, 0.1) is 5.41 Å². The third kappa shape index (κ3) is 2.54. The van der Waals surface area contributed by atoms with E-state index in [1.165, 1.54) is 0 Å². The summed E-state index contributed by atoms with van der Waals surface area (Å²) in [4.78, 5) is 4.35. The summed E-state index contributed by atoms with van der Waals surface area (Å²) in [5, 5.41) is 11.5. The van der Waals surface area contributed by atoms with Crippen LogP contribution in [0.2, 0.25) is 0 Å². The molecule has 1 heterocycles. The molecule has 0 bridgehead atoms. The van der Waals surface area contributed by atoms with Gasteiger partial charge in [0.2, 0.25) is 5.88 Å². The Kier molecular flexibility index (Phi) is 3.61. The molecule has 1 rings (SSSR count). The molecule has 0 aromatic carbocycles. The summed E-state index contributed by atoms with van der Waals surface area (Å²) in [6.07, 6.45) is 0. The monoisotopic (exact) mass is 198 g/mol. The molecule has 0 atom stereocenters. The van der Waals surface area contributed by atoms with E-state index >= 15 is 0 Å². The molecule has 0 amide bonds. The molecule has 0 unspecified atom stereocenters. The number of ether oxygens (including phenoxy) is 1. The molecular weight excluding hydrogens is 184 g/mol. The number of aryl methyl sites for hydroxylation is 1. The Morgan fingerprint density at radius 3 is 2.86 bits per heavy atom. The lowest BCUT2D eigenvalue weighted by Crippen LogP contribution is -2.10. The van der Waals surface area contributed by atoms with E-state index in [0.717, 1.165) is 5.69 Å². The van der Waals surface area contributed by atoms with Crippen molar-refractivity contribution in [2.45, 2.75) is 6.92 Å². The average Bonchev–Trinajstić information content (AvgIpc) is 2.47. The lowest BCUT2D eigenvalue weighted by molar-refractivity contribution is 0.1000. The molecule has 0 spiro atoms. The van der Waals surface area contributed by atoms with Gasteiger partial charge in [-0.05, 0) is 6.92 Å². The van der Waals surface area contributed by atoms with Crippen LogP contribution < -0.4 is 10.6 Å². The second-order valence-corrected chi connectivity index (χ2v) is 2.84. The third-order valence-corrected chi connectivity index (χ3v) is 1.69. The molecule has 0 aliphatic rings. The fraction of sp³-hybridized carbons (Fsp3) is 0.500. The Hall–Kier alpha value is -1.40. The van der Waals surface area contributed by atoms with Crippen molar-refractivity contribution in [3.63, 3.8) is 0 Å². The molecule has 0 radical (unpaired) electrons. The first-order valence-corrected chi connectivity index (χ1v) is 4.19. The van der Waals surface area contributed by atoms with E-state index in [-0.39, 0.29) is 0 Å². The van der Waals surface area contributed by atoms with E-state index in [1.54, 1.807) is 24.7 Å². The maximum absolute atomic E-state index is 7.44. The number of aromatic nitrogens is 2. The highest BCUT2D eigenvalue weighted by Gasteiger charge is 2.06. The Morgan fingerprint density at radius 1 is 1.64 bits per heavy atom. The SMILES string of the molecule is CC(=N)c1cc(OCCON)nn1C. The topological polar surface area (TPSA) is 86.2 Å². The zero-order valence-electron chi connectivity index (χ0n) is 8.28. The fourth-order valence-corrected chi connectivity index (χ4v) is 1.06. The second kappa shape index (κ2) is 4.73. The predicted octanol–water partition coefficient (Wildman–Crippen LogP) is 0.0770. The largest absolute Gasteiger partial charge is 0.474 e. The van der Waals surface area contributed by atoms with E-state index in [2.05, 4.69) is 9.94 Å². The number of nitrogens with two attached hydrogens (primary N) is 1. The summed E-state index contributed by atoms with van der Waals surface area (Å²) >= 11 is 0. The van der Waals surface area contributed by atoms with Crippen LogP contribution in [0.1, 0.15) is 12.6 Å². The molecule has 0 aliphatic carbocycles. The summed E-state index contributed by atoms with van der Waals surface area (Å²) in [5.41, 5.74) is 1.18. The normalized spacial score (nSPS) is 10.2. The molecule has 6 heteroatoms. The zero-order chi connectivity index (χ0) is 10.6. The van der Waals surface area contributed by atoms with E-state index in [1.807, 2.05) is 0 Å². The maximum atomic E-state index is 7.44. The smallest absolute Gasteiger partial charge is 0.233 e. The molecular formula is C8H14N4O2. The summed E-state index contributed by atoms with van der Waals surface area (Å²) in [7, 11) is 1.76. The van der Waals surface area contributed by atoms with Gasteiger partial charge in [0.25, 0.3) is 0 Å². The Bertz CT molecular complexity index is 321. The highest BCUT2D eigenvalue weighted by atomic mass is 16.6. The first-order valence-electron chi connectivity index (χ1n) is 4.19. The van der Waals surface area contributed by atoms with Crippen molar-refractivity contribution in [1.82, 2.24) is 9.78 Å². The predicted molar refractivity (Wildman–Crippen MR) is 51.3 cm³/mol. The standard InChI is InChI=1S/C8H14N4O2/c1-6(9)7-5-8(11-12(7)2)13-3-4-14-10/h5,9H,3-4,10H2,1-2H3. The van der Waals surface area contributed by atoms with Crippen LogP contribution >= 0.6 is 0 Å². The number of rotatable bonds is 5. The van der Waals surface area contributed by atoms with E-state index in [9.17, 15) is 0 Å². The van der Waals surface area contributed by atoms with Crippen LogP contribution in [0.5, 0.6) is 5.88 Å². The Morgan fingerprint density at radius 2 is 2.36 bits per heavy atom. The average molecular weight is 198 g/mol. The van der Waals surface area contributed by atoms with Gasteiger partial charge in [-0.1, -0.05) is 0 Å². The van der Waals surface area contributed by atoms with Crippen LogP contribution in [0.15, 0.2) is 6.07 Å². The number of nitrogens with zero attached hydrogens (tertiary/aromatic N) is 2. The van der Waals surface area contributed by atoms with Crippen molar-refractivity contribution < 1.29 is 9.57 Å². The van der Waals surface area contributed by atoms with Crippen molar-refractivity contribution in [1.29, 1.82) is 5.41 Å². The van der Waals surface area contributed by atoms with Crippen LogP contribution in [0.4, 0.5) is 0 Å². The minimum atomic E-state index is 0.315. The lowest BCUT2D eigenvalue weighted by atomic mass is 10.3. The van der Waals surface area contributed by atoms with E-state index in [0.29, 0.717) is 24.8 Å². The van der Waals surface area contributed by atoms with Crippen molar-refractivity contribution in [2.24, 2.45) is 12.9 Å². The van der Waals surface area contributed by atoms with Gasteiger partial charge < -0.3 is 15.0 Å². The minimum Gasteiger partial charge on any atom is -0.474 e. The summed E-state index contributed by atoms with van der Waals surface area (Å²) in [5.74, 6) is 5.31. The quantitative estimate of drug-likeness (QED) is 0.398. The summed E-state index contributed by atoms with van der Waals surface area (Å²) < 4.78 is 6.82. The van der Waals surface area contributed by atoms with E-state index in [4.69, 9.17) is 16.0 Å². The highest BCUT2D eigenvalue weighted by molar-refractivity contribution is 5.94. The highest BCUT2D eigenvalue weighted by Crippen LogP contribution is 2.10. The first-order chi connectivity index (χ1) is 6.65. The van der Waals surface area contributed by atoms with Gasteiger partial charge in [0, 0.05) is 13.1 Å². The molecule has 1 aromatic rings. The van der Waals surface area contributed by atoms with Crippen LogP contribution in [-0.2, 0) is 11.9 Å². The van der Waals surface area contributed by atoms with Crippen LogP contribution in [0.25, 0.3) is 0 Å². The van der Waals surface area contributed by atoms with Crippen molar-refractivity contribution in [3.05, 3.63) is 11.8 Å². The van der Waals surface area contributed by atoms with Gasteiger partial charge in [-0.25, -0.2) is 5.90 Å². The van der Waals surface area contributed by atoms with Crippen molar-refractivity contribution >= 4 is 5.71 Å². The zero-order valence-corrected chi connectivity index (χ0v) is 8.28. The second-order valence-electron chi connectivity index (χ2n) is 2.84. The van der Waals surface area contributed by atoms with Gasteiger partial charge in [-0.15, -0.1) is 5.10 Å². The van der Waals surface area contributed by atoms with Crippen molar-refractivity contribution in [3.8, 4) is 5.88 Å². The molecule has 0 aliphatic heterocycles.